The zero-order valence-electron chi connectivity index (χ0n) is 9.72. The lowest BCUT2D eigenvalue weighted by atomic mass is 10.2. The molecule has 1 heterocycles. The van der Waals surface area contributed by atoms with Gasteiger partial charge in [-0.25, -0.2) is 0 Å². The molecule has 0 saturated carbocycles. The summed E-state index contributed by atoms with van der Waals surface area (Å²) in [5.74, 6) is 1.07. The highest BCUT2D eigenvalue weighted by Crippen LogP contribution is 2.27. The SMILES string of the molecule is CNc1nnc(-c2cc(Cl)cc([N+](=O)[O-])c2)n1C. The van der Waals surface area contributed by atoms with Crippen LogP contribution in [0.3, 0.4) is 0 Å². The second-order valence-electron chi connectivity index (χ2n) is 3.61. The Hall–Kier alpha value is -2.15. The lowest BCUT2D eigenvalue weighted by molar-refractivity contribution is -0.384. The van der Waals surface area contributed by atoms with Gasteiger partial charge in [0.1, 0.15) is 0 Å². The summed E-state index contributed by atoms with van der Waals surface area (Å²) in [6.45, 7) is 0. The Kier molecular flexibility index (Phi) is 3.15. The number of aromatic nitrogens is 3. The predicted octanol–water partition coefficient (Wildman–Crippen LogP) is 2.09. The summed E-state index contributed by atoms with van der Waals surface area (Å²) < 4.78 is 1.69. The van der Waals surface area contributed by atoms with Crippen molar-refractivity contribution < 1.29 is 4.92 Å². The van der Waals surface area contributed by atoms with E-state index in [4.69, 9.17) is 11.6 Å². The van der Waals surface area contributed by atoms with Crippen molar-refractivity contribution in [3.63, 3.8) is 0 Å². The van der Waals surface area contributed by atoms with Crippen LogP contribution in [0.15, 0.2) is 18.2 Å². The summed E-state index contributed by atoms with van der Waals surface area (Å²) in [4.78, 5) is 10.3. The number of anilines is 1. The number of halogens is 1. The van der Waals surface area contributed by atoms with E-state index >= 15 is 0 Å². The Morgan fingerprint density at radius 2 is 2.11 bits per heavy atom. The number of nitro benzene ring substituents is 1. The van der Waals surface area contributed by atoms with Gasteiger partial charge in [0, 0.05) is 36.8 Å². The zero-order chi connectivity index (χ0) is 13.3. The minimum absolute atomic E-state index is 0.0773. The van der Waals surface area contributed by atoms with Gasteiger partial charge in [0.05, 0.1) is 4.92 Å². The number of nitrogens with zero attached hydrogens (tertiary/aromatic N) is 4. The highest BCUT2D eigenvalue weighted by atomic mass is 35.5. The summed E-state index contributed by atoms with van der Waals surface area (Å²) in [5, 5.41) is 21.8. The predicted molar refractivity (Wildman–Crippen MR) is 67.7 cm³/mol. The van der Waals surface area contributed by atoms with Crippen LogP contribution in [0.4, 0.5) is 11.6 Å². The van der Waals surface area contributed by atoms with Gasteiger partial charge >= 0.3 is 0 Å². The van der Waals surface area contributed by atoms with Crippen LogP contribution in [0.1, 0.15) is 0 Å². The fourth-order valence-corrected chi connectivity index (χ4v) is 1.84. The van der Waals surface area contributed by atoms with Gasteiger partial charge in [0.2, 0.25) is 5.95 Å². The first-order valence-electron chi connectivity index (χ1n) is 5.05. The molecule has 7 nitrogen and oxygen atoms in total. The van der Waals surface area contributed by atoms with Crippen molar-refractivity contribution >= 4 is 23.2 Å². The molecule has 0 bridgehead atoms. The van der Waals surface area contributed by atoms with E-state index in [-0.39, 0.29) is 10.7 Å². The Morgan fingerprint density at radius 1 is 1.39 bits per heavy atom. The van der Waals surface area contributed by atoms with Gasteiger partial charge in [-0.2, -0.15) is 0 Å². The molecule has 0 aliphatic carbocycles. The van der Waals surface area contributed by atoms with E-state index in [0.717, 1.165) is 0 Å². The minimum atomic E-state index is -0.495. The van der Waals surface area contributed by atoms with Crippen LogP contribution in [0.25, 0.3) is 11.4 Å². The molecule has 0 spiro atoms. The quantitative estimate of drug-likeness (QED) is 0.680. The van der Waals surface area contributed by atoms with Crippen LogP contribution in [0.2, 0.25) is 5.02 Å². The summed E-state index contributed by atoms with van der Waals surface area (Å²) in [5.41, 5.74) is 0.470. The van der Waals surface area contributed by atoms with Crippen molar-refractivity contribution in [3.8, 4) is 11.4 Å². The zero-order valence-corrected chi connectivity index (χ0v) is 10.5. The van der Waals surface area contributed by atoms with E-state index in [1.807, 2.05) is 0 Å². The molecule has 0 amide bonds. The number of benzene rings is 1. The van der Waals surface area contributed by atoms with Crippen molar-refractivity contribution in [2.45, 2.75) is 0 Å². The Labute approximate surface area is 108 Å². The molecule has 2 rings (SSSR count). The van der Waals surface area contributed by atoms with Gasteiger partial charge in [0.15, 0.2) is 5.82 Å². The molecule has 18 heavy (non-hydrogen) atoms. The van der Waals surface area contributed by atoms with E-state index in [0.29, 0.717) is 17.3 Å². The largest absolute Gasteiger partial charge is 0.357 e. The standard InChI is InChI=1S/C10H10ClN5O2/c1-12-10-14-13-9(15(10)2)6-3-7(11)5-8(4-6)16(17)18/h3-5H,1-2H3,(H,12,14). The average Bonchev–Trinajstić information content (AvgIpc) is 2.69. The normalized spacial score (nSPS) is 10.4. The van der Waals surface area contributed by atoms with Gasteiger partial charge in [0.25, 0.3) is 5.69 Å². The number of non-ortho nitro benzene ring substituents is 1. The van der Waals surface area contributed by atoms with Crippen LogP contribution in [0.5, 0.6) is 0 Å². The molecular weight excluding hydrogens is 258 g/mol. The molecule has 0 saturated heterocycles. The van der Waals surface area contributed by atoms with Crippen molar-refractivity contribution in [1.82, 2.24) is 14.8 Å². The number of hydrogen-bond donors (Lipinski definition) is 1. The second kappa shape index (κ2) is 4.61. The van der Waals surface area contributed by atoms with Gasteiger partial charge < -0.3 is 5.32 Å². The number of nitrogens with one attached hydrogen (secondary N) is 1. The molecule has 94 valence electrons. The number of nitro groups is 1. The molecule has 0 aliphatic heterocycles. The van der Waals surface area contributed by atoms with Gasteiger partial charge in [-0.15, -0.1) is 10.2 Å². The fourth-order valence-electron chi connectivity index (χ4n) is 1.61. The molecule has 1 aromatic heterocycles. The Bertz CT molecular complexity index is 610. The lowest BCUT2D eigenvalue weighted by Gasteiger charge is -2.03. The first-order valence-corrected chi connectivity index (χ1v) is 5.43. The van der Waals surface area contributed by atoms with Crippen molar-refractivity contribution in [1.29, 1.82) is 0 Å². The minimum Gasteiger partial charge on any atom is -0.357 e. The number of rotatable bonds is 3. The topological polar surface area (TPSA) is 85.9 Å². The molecule has 1 N–H and O–H groups in total. The Balaban J connectivity index is 2.56. The van der Waals surface area contributed by atoms with Gasteiger partial charge in [-0.05, 0) is 6.07 Å². The fraction of sp³-hybridized carbons (Fsp3) is 0.200. The van der Waals surface area contributed by atoms with Crippen LogP contribution >= 0.6 is 11.6 Å². The molecule has 8 heteroatoms. The molecule has 0 aliphatic rings. The maximum atomic E-state index is 10.8. The summed E-state index contributed by atoms with van der Waals surface area (Å²) in [7, 11) is 3.47. The molecule has 0 atom stereocenters. The molecule has 2 aromatic rings. The highest BCUT2D eigenvalue weighted by molar-refractivity contribution is 6.31. The monoisotopic (exact) mass is 267 g/mol. The molecule has 0 unspecified atom stereocenters. The summed E-state index contributed by atoms with van der Waals surface area (Å²) in [6.07, 6.45) is 0. The number of hydrogen-bond acceptors (Lipinski definition) is 5. The van der Waals surface area contributed by atoms with E-state index in [1.165, 1.54) is 12.1 Å². The maximum Gasteiger partial charge on any atom is 0.271 e. The summed E-state index contributed by atoms with van der Waals surface area (Å²) in [6, 6.07) is 4.31. The van der Waals surface area contributed by atoms with E-state index in [9.17, 15) is 10.1 Å². The molecular formula is C10H10ClN5O2. The smallest absolute Gasteiger partial charge is 0.271 e. The second-order valence-corrected chi connectivity index (χ2v) is 4.05. The van der Waals surface area contributed by atoms with Crippen LogP contribution in [0, 0.1) is 10.1 Å². The lowest BCUT2D eigenvalue weighted by Crippen LogP contribution is -2.00. The van der Waals surface area contributed by atoms with Crippen molar-refractivity contribution in [2.75, 3.05) is 12.4 Å². The third-order valence-electron chi connectivity index (χ3n) is 2.45. The van der Waals surface area contributed by atoms with Crippen molar-refractivity contribution in [3.05, 3.63) is 33.3 Å². The third kappa shape index (κ3) is 2.12. The van der Waals surface area contributed by atoms with Crippen LogP contribution in [-0.2, 0) is 7.05 Å². The molecule has 0 fully saturated rings. The van der Waals surface area contributed by atoms with Crippen LogP contribution < -0.4 is 5.32 Å². The average molecular weight is 268 g/mol. The Morgan fingerprint density at radius 3 is 2.67 bits per heavy atom. The van der Waals surface area contributed by atoms with Crippen molar-refractivity contribution in [2.24, 2.45) is 7.05 Å². The highest BCUT2D eigenvalue weighted by Gasteiger charge is 2.15. The van der Waals surface area contributed by atoms with E-state index < -0.39 is 4.92 Å². The van der Waals surface area contributed by atoms with Crippen LogP contribution in [-0.4, -0.2) is 26.7 Å². The van der Waals surface area contributed by atoms with Gasteiger partial charge in [-0.1, -0.05) is 11.6 Å². The van der Waals surface area contributed by atoms with Gasteiger partial charge in [-0.3, -0.25) is 14.7 Å². The van der Waals surface area contributed by atoms with E-state index in [1.54, 1.807) is 24.7 Å². The molecule has 1 aromatic carbocycles. The first-order chi connectivity index (χ1) is 8.52. The summed E-state index contributed by atoms with van der Waals surface area (Å²) >= 11 is 5.86. The maximum absolute atomic E-state index is 10.8. The molecule has 0 radical (unpaired) electrons. The first kappa shape index (κ1) is 12.3. The van der Waals surface area contributed by atoms with E-state index in [2.05, 4.69) is 15.5 Å². The third-order valence-corrected chi connectivity index (χ3v) is 2.67.